The second-order valence-electron chi connectivity index (χ2n) is 2.96. The second kappa shape index (κ2) is 3.01. The molecule has 0 radical (unpaired) electrons. The van der Waals surface area contributed by atoms with Crippen LogP contribution >= 0.6 is 0 Å². The van der Waals surface area contributed by atoms with Crippen molar-refractivity contribution in [2.75, 3.05) is 12.3 Å². The first-order valence-electron chi connectivity index (χ1n) is 4.17. The van der Waals surface area contributed by atoms with Crippen LogP contribution in [-0.2, 0) is 6.42 Å². The van der Waals surface area contributed by atoms with Crippen LogP contribution in [0.2, 0.25) is 0 Å². The van der Waals surface area contributed by atoms with Crippen LogP contribution in [-0.4, -0.2) is 22.4 Å². The van der Waals surface area contributed by atoms with E-state index in [0.29, 0.717) is 12.2 Å². The molecule has 1 aromatic heterocycles. The Hall–Kier alpha value is -1.65. The molecule has 0 saturated heterocycles. The molecule has 0 bridgehead atoms. The van der Waals surface area contributed by atoms with Crippen LogP contribution in [0.3, 0.4) is 0 Å². The lowest BCUT2D eigenvalue weighted by atomic mass is 10.1. The molecule has 1 aliphatic rings. The highest BCUT2D eigenvalue weighted by Crippen LogP contribution is 2.11. The predicted octanol–water partition coefficient (Wildman–Crippen LogP) is -0.265. The summed E-state index contributed by atoms with van der Waals surface area (Å²) in [5.74, 6) is -0.00241. The van der Waals surface area contributed by atoms with Gasteiger partial charge in [-0.05, 0) is 12.8 Å². The van der Waals surface area contributed by atoms with E-state index in [1.807, 2.05) is 0 Å². The van der Waals surface area contributed by atoms with Crippen LogP contribution < -0.4 is 11.1 Å². The second-order valence-corrected chi connectivity index (χ2v) is 2.96. The zero-order valence-electron chi connectivity index (χ0n) is 7.08. The van der Waals surface area contributed by atoms with Crippen molar-refractivity contribution in [3.05, 3.63) is 17.5 Å². The smallest absolute Gasteiger partial charge is 0.270 e. The summed E-state index contributed by atoms with van der Waals surface area (Å²) >= 11 is 0. The minimum absolute atomic E-state index is 0.149. The Bertz CT molecular complexity index is 350. The van der Waals surface area contributed by atoms with Gasteiger partial charge >= 0.3 is 0 Å². The molecule has 3 N–H and O–H groups in total. The van der Waals surface area contributed by atoms with E-state index in [0.717, 1.165) is 18.4 Å². The monoisotopic (exact) mass is 178 g/mol. The standard InChI is InChI=1S/C8H10N4O/c9-8-11-4-5-2-1-3-10-7(13)6(5)12-8/h4H,1-3H2,(H,10,13)(H2,9,11,12). The maximum Gasteiger partial charge on any atom is 0.270 e. The number of fused-ring (bicyclic) bond motifs is 1. The van der Waals surface area contributed by atoms with E-state index in [4.69, 9.17) is 5.73 Å². The highest BCUT2D eigenvalue weighted by Gasteiger charge is 2.16. The van der Waals surface area contributed by atoms with Crippen molar-refractivity contribution in [1.82, 2.24) is 15.3 Å². The molecule has 0 spiro atoms. The molecule has 0 unspecified atom stereocenters. The van der Waals surface area contributed by atoms with Gasteiger partial charge in [0, 0.05) is 18.3 Å². The van der Waals surface area contributed by atoms with Crippen molar-refractivity contribution in [3.63, 3.8) is 0 Å². The number of rotatable bonds is 0. The Balaban J connectivity index is 2.49. The third-order valence-corrected chi connectivity index (χ3v) is 2.01. The molecule has 68 valence electrons. The quantitative estimate of drug-likeness (QED) is 0.573. The summed E-state index contributed by atoms with van der Waals surface area (Å²) in [4.78, 5) is 19.2. The SMILES string of the molecule is Nc1ncc2c(n1)C(=O)NCCC2. The van der Waals surface area contributed by atoms with Gasteiger partial charge in [-0.2, -0.15) is 0 Å². The van der Waals surface area contributed by atoms with Crippen LogP contribution in [0, 0.1) is 0 Å². The molecule has 0 atom stereocenters. The molecule has 1 aliphatic heterocycles. The molecule has 0 fully saturated rings. The van der Waals surface area contributed by atoms with Gasteiger partial charge in [0.1, 0.15) is 5.69 Å². The van der Waals surface area contributed by atoms with E-state index in [2.05, 4.69) is 15.3 Å². The Morgan fingerprint density at radius 1 is 1.54 bits per heavy atom. The molecule has 2 rings (SSSR count). The number of carbonyl (C=O) groups excluding carboxylic acids is 1. The Labute approximate surface area is 75.4 Å². The summed E-state index contributed by atoms with van der Waals surface area (Å²) < 4.78 is 0. The fraction of sp³-hybridized carbons (Fsp3) is 0.375. The molecule has 1 amide bonds. The minimum atomic E-state index is -0.151. The number of aryl methyl sites for hydroxylation is 1. The number of nitrogens with one attached hydrogen (secondary N) is 1. The van der Waals surface area contributed by atoms with Gasteiger partial charge in [-0.25, -0.2) is 9.97 Å². The zero-order chi connectivity index (χ0) is 9.26. The van der Waals surface area contributed by atoms with Gasteiger partial charge in [-0.1, -0.05) is 0 Å². The number of nitrogens with two attached hydrogens (primary N) is 1. The summed E-state index contributed by atoms with van der Waals surface area (Å²) in [6.07, 6.45) is 3.38. The third-order valence-electron chi connectivity index (χ3n) is 2.01. The van der Waals surface area contributed by atoms with Crippen molar-refractivity contribution in [3.8, 4) is 0 Å². The van der Waals surface area contributed by atoms with Crippen LogP contribution in [0.25, 0.3) is 0 Å². The first-order chi connectivity index (χ1) is 6.27. The van der Waals surface area contributed by atoms with E-state index >= 15 is 0 Å². The molecule has 5 heteroatoms. The number of amides is 1. The fourth-order valence-electron chi connectivity index (χ4n) is 1.36. The van der Waals surface area contributed by atoms with E-state index in [9.17, 15) is 4.79 Å². The van der Waals surface area contributed by atoms with Crippen molar-refractivity contribution < 1.29 is 4.79 Å². The van der Waals surface area contributed by atoms with Crippen molar-refractivity contribution in [1.29, 1.82) is 0 Å². The summed E-state index contributed by atoms with van der Waals surface area (Å²) in [5.41, 5.74) is 6.69. The van der Waals surface area contributed by atoms with Crippen LogP contribution in [0.4, 0.5) is 5.95 Å². The van der Waals surface area contributed by atoms with Gasteiger partial charge in [0.15, 0.2) is 0 Å². The normalized spacial score (nSPS) is 15.8. The average molecular weight is 178 g/mol. The summed E-state index contributed by atoms with van der Waals surface area (Å²) in [7, 11) is 0. The Kier molecular flexibility index (Phi) is 1.84. The molecule has 2 heterocycles. The summed E-state index contributed by atoms with van der Waals surface area (Å²) in [5, 5.41) is 2.74. The van der Waals surface area contributed by atoms with Gasteiger partial charge in [-0.3, -0.25) is 4.79 Å². The number of aromatic nitrogens is 2. The summed E-state index contributed by atoms with van der Waals surface area (Å²) in [6.45, 7) is 0.690. The molecular formula is C8H10N4O. The van der Waals surface area contributed by atoms with E-state index < -0.39 is 0 Å². The van der Waals surface area contributed by atoms with E-state index in [1.54, 1.807) is 6.20 Å². The molecule has 1 aromatic rings. The van der Waals surface area contributed by atoms with Crippen LogP contribution in [0.5, 0.6) is 0 Å². The van der Waals surface area contributed by atoms with Crippen molar-refractivity contribution >= 4 is 11.9 Å². The van der Waals surface area contributed by atoms with Gasteiger partial charge < -0.3 is 11.1 Å². The molecule has 0 aliphatic carbocycles. The lowest BCUT2D eigenvalue weighted by molar-refractivity contribution is 0.0951. The summed E-state index contributed by atoms with van der Waals surface area (Å²) in [6, 6.07) is 0. The maximum atomic E-state index is 11.4. The molecule has 0 saturated carbocycles. The highest BCUT2D eigenvalue weighted by molar-refractivity contribution is 5.94. The van der Waals surface area contributed by atoms with Gasteiger partial charge in [-0.15, -0.1) is 0 Å². The fourth-order valence-corrected chi connectivity index (χ4v) is 1.36. The first-order valence-corrected chi connectivity index (χ1v) is 4.17. The van der Waals surface area contributed by atoms with Crippen LogP contribution in [0.15, 0.2) is 6.20 Å². The predicted molar refractivity (Wildman–Crippen MR) is 47.1 cm³/mol. The minimum Gasteiger partial charge on any atom is -0.368 e. The van der Waals surface area contributed by atoms with Crippen molar-refractivity contribution in [2.24, 2.45) is 0 Å². The number of hydrogen-bond acceptors (Lipinski definition) is 4. The first kappa shape index (κ1) is 7.97. The largest absolute Gasteiger partial charge is 0.368 e. The van der Waals surface area contributed by atoms with Crippen molar-refractivity contribution in [2.45, 2.75) is 12.8 Å². The van der Waals surface area contributed by atoms with E-state index in [1.165, 1.54) is 0 Å². The molecule has 0 aromatic carbocycles. The average Bonchev–Trinajstić information content (AvgIpc) is 2.29. The van der Waals surface area contributed by atoms with Crippen LogP contribution in [0.1, 0.15) is 22.5 Å². The van der Waals surface area contributed by atoms with Gasteiger partial charge in [0.05, 0.1) is 0 Å². The number of hydrogen-bond donors (Lipinski definition) is 2. The zero-order valence-corrected chi connectivity index (χ0v) is 7.08. The molecule has 5 nitrogen and oxygen atoms in total. The van der Waals surface area contributed by atoms with E-state index in [-0.39, 0.29) is 11.9 Å². The Morgan fingerprint density at radius 2 is 2.38 bits per heavy atom. The van der Waals surface area contributed by atoms with Gasteiger partial charge in [0.2, 0.25) is 5.95 Å². The number of nitrogens with zero attached hydrogens (tertiary/aromatic N) is 2. The molecular weight excluding hydrogens is 168 g/mol. The highest BCUT2D eigenvalue weighted by atomic mass is 16.1. The number of carbonyl (C=O) groups is 1. The molecule has 13 heavy (non-hydrogen) atoms. The number of nitrogen functional groups attached to an aromatic ring is 1. The lowest BCUT2D eigenvalue weighted by Gasteiger charge is -2.02. The lowest BCUT2D eigenvalue weighted by Crippen LogP contribution is -2.24. The Morgan fingerprint density at radius 3 is 3.23 bits per heavy atom. The topological polar surface area (TPSA) is 80.9 Å². The number of anilines is 1. The van der Waals surface area contributed by atoms with Gasteiger partial charge in [0.25, 0.3) is 5.91 Å². The maximum absolute atomic E-state index is 11.4. The third kappa shape index (κ3) is 1.44.